The van der Waals surface area contributed by atoms with Gasteiger partial charge in [-0.2, -0.15) is 4.98 Å². The Bertz CT molecular complexity index is 1450. The first-order valence-corrected chi connectivity index (χ1v) is 14.0. The maximum absolute atomic E-state index is 12.7. The minimum Gasteiger partial charge on any atom is -0.393 e. The molecule has 194 valence electrons. The molecule has 0 aliphatic heterocycles. The molecule has 0 unspecified atom stereocenters. The highest BCUT2D eigenvalue weighted by Gasteiger charge is 2.21. The van der Waals surface area contributed by atoms with Crippen LogP contribution in [0.3, 0.4) is 0 Å². The number of sulfonamides is 1. The number of rotatable bonds is 9. The first kappa shape index (κ1) is 25.1. The van der Waals surface area contributed by atoms with Crippen molar-refractivity contribution in [1.29, 1.82) is 0 Å². The summed E-state index contributed by atoms with van der Waals surface area (Å²) in [7, 11) is -3.64. The number of hydrogen-bond donors (Lipinski definition) is 4. The number of aliphatic hydroxyl groups excluding tert-OH is 1. The fourth-order valence-electron chi connectivity index (χ4n) is 4.49. The minimum absolute atomic E-state index is 0.190. The molecular weight excluding hydrogens is 490 g/mol. The summed E-state index contributed by atoms with van der Waals surface area (Å²) < 4.78 is 30.0. The summed E-state index contributed by atoms with van der Waals surface area (Å²) in [5.41, 5.74) is 2.97. The molecule has 0 radical (unpaired) electrons. The largest absolute Gasteiger partial charge is 0.393 e. The number of nitrogens with zero attached hydrogens (tertiary/aromatic N) is 4. The van der Waals surface area contributed by atoms with Crippen LogP contribution in [0.1, 0.15) is 38.2 Å². The van der Waals surface area contributed by atoms with Gasteiger partial charge in [-0.15, -0.1) is 0 Å². The van der Waals surface area contributed by atoms with E-state index < -0.39 is 10.0 Å². The number of aliphatic hydroxyl groups is 1. The first-order valence-electron chi connectivity index (χ1n) is 12.5. The molecule has 2 aromatic carbocycles. The second-order valence-electron chi connectivity index (χ2n) is 9.19. The topological polar surface area (TPSA) is 134 Å². The van der Waals surface area contributed by atoms with Crippen LogP contribution < -0.4 is 15.4 Å². The lowest BCUT2D eigenvalue weighted by molar-refractivity contribution is 0.126. The van der Waals surface area contributed by atoms with Crippen LogP contribution in [-0.4, -0.2) is 45.2 Å². The summed E-state index contributed by atoms with van der Waals surface area (Å²) in [5.74, 6) is 1.15. The maximum Gasteiger partial charge on any atom is 0.240 e. The molecule has 1 aliphatic rings. The third-order valence-corrected chi connectivity index (χ3v) is 7.98. The Balaban J connectivity index is 1.29. The van der Waals surface area contributed by atoms with E-state index in [2.05, 4.69) is 25.3 Å². The molecule has 4 aromatic rings. The van der Waals surface area contributed by atoms with Gasteiger partial charge in [0.05, 0.1) is 17.2 Å². The van der Waals surface area contributed by atoms with Gasteiger partial charge < -0.3 is 15.7 Å². The standard InChI is InChI=1S/C26H31N7O3S/c1-2-33-24-23(17-27-25(32-24)29-19-8-12-21(34)13-9-19)31-26(33)30-20-10-14-22(15-11-20)37(35,36)28-16-18-6-4-3-5-7-18/h3-7,10-11,14-15,17,19,21,28,34H,2,8-9,12-13,16H2,1H3,(H,30,31)(H,27,29,32). The minimum atomic E-state index is -3.64. The highest BCUT2D eigenvalue weighted by atomic mass is 32.2. The van der Waals surface area contributed by atoms with Crippen molar-refractivity contribution in [2.45, 2.75) is 62.7 Å². The van der Waals surface area contributed by atoms with Crippen LogP contribution >= 0.6 is 0 Å². The molecule has 1 fully saturated rings. The zero-order chi connectivity index (χ0) is 25.8. The molecule has 5 rings (SSSR count). The quantitative estimate of drug-likeness (QED) is 0.261. The molecule has 0 atom stereocenters. The van der Waals surface area contributed by atoms with Gasteiger partial charge in [0.25, 0.3) is 0 Å². The molecule has 11 heteroatoms. The van der Waals surface area contributed by atoms with Crippen molar-refractivity contribution in [2.75, 3.05) is 10.6 Å². The normalized spacial score (nSPS) is 18.1. The predicted octanol–water partition coefficient (Wildman–Crippen LogP) is 3.78. The van der Waals surface area contributed by atoms with E-state index in [4.69, 9.17) is 4.98 Å². The van der Waals surface area contributed by atoms with Gasteiger partial charge in [0.1, 0.15) is 5.52 Å². The average molecular weight is 522 g/mol. The zero-order valence-electron chi connectivity index (χ0n) is 20.6. The Hall–Kier alpha value is -3.54. The van der Waals surface area contributed by atoms with E-state index in [0.717, 1.165) is 31.2 Å². The van der Waals surface area contributed by atoms with Crippen molar-refractivity contribution in [3.8, 4) is 0 Å². The second kappa shape index (κ2) is 10.8. The van der Waals surface area contributed by atoms with Crippen LogP contribution in [-0.2, 0) is 23.1 Å². The SMILES string of the molecule is CCn1c(Nc2ccc(S(=O)(=O)NCc3ccccc3)cc2)nc2cnc(NC3CCC(O)CC3)nc21. The lowest BCUT2D eigenvalue weighted by atomic mass is 9.93. The fourth-order valence-corrected chi connectivity index (χ4v) is 5.51. The molecule has 2 heterocycles. The van der Waals surface area contributed by atoms with Gasteiger partial charge in [-0.25, -0.2) is 23.1 Å². The first-order chi connectivity index (χ1) is 17.9. The number of hydrogen-bond acceptors (Lipinski definition) is 8. The summed E-state index contributed by atoms with van der Waals surface area (Å²) in [4.78, 5) is 14.0. The van der Waals surface area contributed by atoms with E-state index in [9.17, 15) is 13.5 Å². The highest BCUT2D eigenvalue weighted by Crippen LogP contribution is 2.25. The van der Waals surface area contributed by atoms with E-state index in [0.29, 0.717) is 35.3 Å². The molecule has 0 bridgehead atoms. The van der Waals surface area contributed by atoms with Gasteiger partial charge >= 0.3 is 0 Å². The Morgan fingerprint density at radius 1 is 1.00 bits per heavy atom. The lowest BCUT2D eigenvalue weighted by Gasteiger charge is -2.26. The molecule has 1 aliphatic carbocycles. The number of benzene rings is 2. The second-order valence-corrected chi connectivity index (χ2v) is 11.0. The van der Waals surface area contributed by atoms with Crippen LogP contribution in [0.5, 0.6) is 0 Å². The van der Waals surface area contributed by atoms with Crippen LogP contribution in [0.2, 0.25) is 0 Å². The summed E-state index contributed by atoms with van der Waals surface area (Å²) in [6.07, 6.45) is 4.82. The van der Waals surface area contributed by atoms with Gasteiger partial charge in [-0.05, 0) is 62.4 Å². The molecular formula is C26H31N7O3S. The summed E-state index contributed by atoms with van der Waals surface area (Å²) >= 11 is 0. The number of fused-ring (bicyclic) bond motifs is 1. The van der Waals surface area contributed by atoms with E-state index in [1.807, 2.05) is 41.8 Å². The monoisotopic (exact) mass is 521 g/mol. The summed E-state index contributed by atoms with van der Waals surface area (Å²) in [6.45, 7) is 2.88. The van der Waals surface area contributed by atoms with Crippen LogP contribution in [0.4, 0.5) is 17.6 Å². The molecule has 4 N–H and O–H groups in total. The van der Waals surface area contributed by atoms with E-state index in [-0.39, 0.29) is 23.6 Å². The third-order valence-electron chi connectivity index (χ3n) is 6.56. The van der Waals surface area contributed by atoms with Crippen molar-refractivity contribution in [3.63, 3.8) is 0 Å². The summed E-state index contributed by atoms with van der Waals surface area (Å²) in [5, 5.41) is 16.4. The smallest absolute Gasteiger partial charge is 0.240 e. The third kappa shape index (κ3) is 5.90. The van der Waals surface area contributed by atoms with Crippen molar-refractivity contribution in [2.24, 2.45) is 0 Å². The number of imidazole rings is 1. The van der Waals surface area contributed by atoms with Crippen molar-refractivity contribution >= 4 is 38.8 Å². The highest BCUT2D eigenvalue weighted by molar-refractivity contribution is 7.89. The van der Waals surface area contributed by atoms with E-state index in [1.165, 1.54) is 0 Å². The fraction of sp³-hybridized carbons (Fsp3) is 0.346. The molecule has 10 nitrogen and oxygen atoms in total. The molecule has 0 spiro atoms. The molecule has 0 amide bonds. The zero-order valence-corrected chi connectivity index (χ0v) is 21.4. The predicted molar refractivity (Wildman–Crippen MR) is 143 cm³/mol. The van der Waals surface area contributed by atoms with E-state index >= 15 is 0 Å². The maximum atomic E-state index is 12.7. The van der Waals surface area contributed by atoms with Crippen LogP contribution in [0, 0.1) is 0 Å². The van der Waals surface area contributed by atoms with Gasteiger partial charge in [-0.1, -0.05) is 30.3 Å². The van der Waals surface area contributed by atoms with Crippen LogP contribution in [0.25, 0.3) is 11.2 Å². The van der Waals surface area contributed by atoms with Gasteiger partial charge in [0, 0.05) is 24.8 Å². The molecule has 2 aromatic heterocycles. The Morgan fingerprint density at radius 2 is 1.73 bits per heavy atom. The van der Waals surface area contributed by atoms with Gasteiger partial charge in [0.15, 0.2) is 5.65 Å². The summed E-state index contributed by atoms with van der Waals surface area (Å²) in [6, 6.07) is 16.2. The van der Waals surface area contributed by atoms with Crippen molar-refractivity contribution in [1.82, 2.24) is 24.2 Å². The number of nitrogens with one attached hydrogen (secondary N) is 3. The Labute approximate surface area is 216 Å². The molecule has 37 heavy (non-hydrogen) atoms. The molecule has 1 saturated carbocycles. The Morgan fingerprint density at radius 3 is 2.43 bits per heavy atom. The van der Waals surface area contributed by atoms with Gasteiger partial charge in [0.2, 0.25) is 21.9 Å². The molecule has 0 saturated heterocycles. The van der Waals surface area contributed by atoms with E-state index in [1.54, 1.807) is 30.5 Å². The van der Waals surface area contributed by atoms with Gasteiger partial charge in [-0.3, -0.25) is 4.57 Å². The van der Waals surface area contributed by atoms with Crippen molar-refractivity contribution < 1.29 is 13.5 Å². The average Bonchev–Trinajstić information content (AvgIpc) is 3.26. The number of anilines is 3. The number of aromatic nitrogens is 4. The Kier molecular flexibility index (Phi) is 7.36. The lowest BCUT2D eigenvalue weighted by Crippen LogP contribution is -2.28. The van der Waals surface area contributed by atoms with Crippen LogP contribution in [0.15, 0.2) is 65.7 Å². The van der Waals surface area contributed by atoms with Crippen molar-refractivity contribution in [3.05, 3.63) is 66.4 Å². The number of aryl methyl sites for hydroxylation is 1.